The standard InChI is InChI=1S/C22H29N3O4/c1-2-28-21(26)19-16(14-25-12-13-29-18-11-7-6-10-17(18)25)23-22(27)24-20(19)15-8-4-3-5-9-15/h3-5,8-9,17-18,20H,2,6-7,10-14H2,1H3,(H2,23,24,27). The van der Waals surface area contributed by atoms with Crippen LogP contribution >= 0.6 is 0 Å². The summed E-state index contributed by atoms with van der Waals surface area (Å²) in [6.45, 7) is 4.05. The van der Waals surface area contributed by atoms with Crippen molar-refractivity contribution in [2.24, 2.45) is 0 Å². The van der Waals surface area contributed by atoms with Gasteiger partial charge in [0.25, 0.3) is 0 Å². The molecule has 3 unspecified atom stereocenters. The van der Waals surface area contributed by atoms with E-state index in [1.54, 1.807) is 6.92 Å². The Kier molecular flexibility index (Phi) is 6.16. The molecular weight excluding hydrogens is 370 g/mol. The summed E-state index contributed by atoms with van der Waals surface area (Å²) in [6.07, 6.45) is 4.78. The van der Waals surface area contributed by atoms with Gasteiger partial charge in [-0.15, -0.1) is 0 Å². The summed E-state index contributed by atoms with van der Waals surface area (Å²) in [7, 11) is 0. The van der Waals surface area contributed by atoms with Gasteiger partial charge in [-0.2, -0.15) is 0 Å². The van der Waals surface area contributed by atoms with Gasteiger partial charge >= 0.3 is 12.0 Å². The van der Waals surface area contributed by atoms with E-state index < -0.39 is 12.0 Å². The molecule has 3 aliphatic rings. The van der Waals surface area contributed by atoms with Crippen LogP contribution in [0.3, 0.4) is 0 Å². The number of nitrogens with one attached hydrogen (secondary N) is 2. The van der Waals surface area contributed by atoms with Gasteiger partial charge in [-0.3, -0.25) is 4.90 Å². The molecule has 2 amide bonds. The van der Waals surface area contributed by atoms with Gasteiger partial charge in [0.2, 0.25) is 0 Å². The van der Waals surface area contributed by atoms with Crippen molar-refractivity contribution in [3.8, 4) is 0 Å². The Labute approximate surface area is 171 Å². The summed E-state index contributed by atoms with van der Waals surface area (Å²) >= 11 is 0. The van der Waals surface area contributed by atoms with Crippen LogP contribution in [0.1, 0.15) is 44.2 Å². The number of amides is 2. The van der Waals surface area contributed by atoms with Crippen molar-refractivity contribution < 1.29 is 19.1 Å². The van der Waals surface area contributed by atoms with E-state index in [2.05, 4.69) is 15.5 Å². The maximum absolute atomic E-state index is 12.9. The third kappa shape index (κ3) is 4.31. The number of urea groups is 1. The Morgan fingerprint density at radius 2 is 2.03 bits per heavy atom. The predicted octanol–water partition coefficient (Wildman–Crippen LogP) is 2.50. The minimum Gasteiger partial charge on any atom is -0.463 e. The summed E-state index contributed by atoms with van der Waals surface area (Å²) in [5, 5.41) is 5.79. The summed E-state index contributed by atoms with van der Waals surface area (Å²) in [4.78, 5) is 27.7. The second-order valence-corrected chi connectivity index (χ2v) is 7.79. The van der Waals surface area contributed by atoms with Crippen molar-refractivity contribution in [1.29, 1.82) is 0 Å². The van der Waals surface area contributed by atoms with Crippen molar-refractivity contribution in [3.05, 3.63) is 47.2 Å². The first-order valence-corrected chi connectivity index (χ1v) is 10.6. The Hall–Kier alpha value is -2.38. The summed E-state index contributed by atoms with van der Waals surface area (Å²) in [5.41, 5.74) is 1.98. The lowest BCUT2D eigenvalue weighted by atomic mass is 9.89. The van der Waals surface area contributed by atoms with Gasteiger partial charge in [0.05, 0.1) is 30.9 Å². The summed E-state index contributed by atoms with van der Waals surface area (Å²) < 4.78 is 11.3. The Morgan fingerprint density at radius 3 is 2.83 bits per heavy atom. The Bertz CT molecular complexity index is 778. The van der Waals surface area contributed by atoms with E-state index in [0.717, 1.165) is 24.9 Å². The second kappa shape index (κ2) is 8.97. The molecule has 1 aromatic carbocycles. The van der Waals surface area contributed by atoms with Crippen molar-refractivity contribution in [2.45, 2.75) is 50.8 Å². The zero-order valence-corrected chi connectivity index (χ0v) is 16.9. The summed E-state index contributed by atoms with van der Waals surface area (Å²) in [6, 6.07) is 9.06. The van der Waals surface area contributed by atoms with Crippen molar-refractivity contribution in [2.75, 3.05) is 26.3 Å². The fraction of sp³-hybridized carbons (Fsp3) is 0.545. The number of carbonyl (C=O) groups excluding carboxylic acids is 2. The number of carbonyl (C=O) groups is 2. The Morgan fingerprint density at radius 1 is 1.24 bits per heavy atom. The SMILES string of the molecule is CCOC(=O)C1=C(CN2CCOC3CCCCC32)NC(=O)NC1c1ccccc1. The molecule has 7 nitrogen and oxygen atoms in total. The molecule has 0 aromatic heterocycles. The average Bonchev–Trinajstić information content (AvgIpc) is 2.74. The lowest BCUT2D eigenvalue weighted by Crippen LogP contribution is -2.55. The zero-order chi connectivity index (χ0) is 20.2. The highest BCUT2D eigenvalue weighted by Crippen LogP contribution is 2.32. The van der Waals surface area contributed by atoms with E-state index in [1.807, 2.05) is 30.3 Å². The summed E-state index contributed by atoms with van der Waals surface area (Å²) in [5.74, 6) is -0.391. The molecule has 1 saturated heterocycles. The Balaban J connectivity index is 1.67. The van der Waals surface area contributed by atoms with E-state index in [9.17, 15) is 9.59 Å². The van der Waals surface area contributed by atoms with Crippen LogP contribution in [-0.4, -0.2) is 55.3 Å². The first-order valence-electron chi connectivity index (χ1n) is 10.6. The average molecular weight is 399 g/mol. The fourth-order valence-corrected chi connectivity index (χ4v) is 4.66. The van der Waals surface area contributed by atoms with E-state index in [4.69, 9.17) is 9.47 Å². The first kappa shape index (κ1) is 19.9. The fourth-order valence-electron chi connectivity index (χ4n) is 4.66. The van der Waals surface area contributed by atoms with Crippen molar-refractivity contribution in [1.82, 2.24) is 15.5 Å². The lowest BCUT2D eigenvalue weighted by molar-refractivity contribution is -0.139. The molecule has 29 heavy (non-hydrogen) atoms. The van der Waals surface area contributed by atoms with Gasteiger partial charge in [0.15, 0.2) is 0 Å². The smallest absolute Gasteiger partial charge is 0.338 e. The third-order valence-corrected chi connectivity index (χ3v) is 5.99. The molecule has 0 bridgehead atoms. The van der Waals surface area contributed by atoms with Crippen molar-refractivity contribution in [3.63, 3.8) is 0 Å². The van der Waals surface area contributed by atoms with Gasteiger partial charge in [-0.1, -0.05) is 43.2 Å². The van der Waals surface area contributed by atoms with Crippen LogP contribution in [0.5, 0.6) is 0 Å². The van der Waals surface area contributed by atoms with Crippen LogP contribution in [0.4, 0.5) is 4.79 Å². The number of fused-ring (bicyclic) bond motifs is 1. The molecule has 3 atom stereocenters. The van der Waals surface area contributed by atoms with Gasteiger partial charge in [-0.25, -0.2) is 9.59 Å². The van der Waals surface area contributed by atoms with Gasteiger partial charge in [-0.05, 0) is 25.3 Å². The molecule has 2 aliphatic heterocycles. The predicted molar refractivity (Wildman–Crippen MR) is 108 cm³/mol. The minimum absolute atomic E-state index is 0.242. The highest BCUT2D eigenvalue weighted by Gasteiger charge is 2.38. The zero-order valence-electron chi connectivity index (χ0n) is 16.9. The van der Waals surface area contributed by atoms with Gasteiger partial charge in [0.1, 0.15) is 0 Å². The van der Waals surface area contributed by atoms with Crippen molar-refractivity contribution >= 4 is 12.0 Å². The normalized spacial score (nSPS) is 27.6. The monoisotopic (exact) mass is 399 g/mol. The molecule has 0 spiro atoms. The number of hydrogen-bond donors (Lipinski definition) is 2. The number of hydrogen-bond acceptors (Lipinski definition) is 5. The number of benzene rings is 1. The third-order valence-electron chi connectivity index (χ3n) is 5.99. The highest BCUT2D eigenvalue weighted by molar-refractivity contribution is 5.95. The maximum atomic E-state index is 12.9. The van der Waals surface area contributed by atoms with Crippen LogP contribution in [0.25, 0.3) is 0 Å². The molecule has 156 valence electrons. The van der Waals surface area contributed by atoms with E-state index >= 15 is 0 Å². The molecule has 2 fully saturated rings. The van der Waals surface area contributed by atoms with E-state index in [0.29, 0.717) is 30.5 Å². The number of ether oxygens (including phenoxy) is 2. The topological polar surface area (TPSA) is 79.9 Å². The molecule has 2 heterocycles. The highest BCUT2D eigenvalue weighted by atomic mass is 16.5. The van der Waals surface area contributed by atoms with Gasteiger partial charge in [0, 0.05) is 24.8 Å². The number of morpholine rings is 1. The van der Waals surface area contributed by atoms with Crippen LogP contribution in [-0.2, 0) is 14.3 Å². The first-order chi connectivity index (χ1) is 14.2. The molecule has 2 N–H and O–H groups in total. The molecule has 4 rings (SSSR count). The van der Waals surface area contributed by atoms with Crippen LogP contribution in [0.2, 0.25) is 0 Å². The molecule has 1 aromatic rings. The molecular formula is C22H29N3O4. The lowest BCUT2D eigenvalue weighted by Gasteiger charge is -2.44. The molecule has 1 saturated carbocycles. The van der Waals surface area contributed by atoms with Crippen LogP contribution < -0.4 is 10.6 Å². The quantitative estimate of drug-likeness (QED) is 0.744. The van der Waals surface area contributed by atoms with E-state index in [-0.39, 0.29) is 18.7 Å². The second-order valence-electron chi connectivity index (χ2n) is 7.79. The number of nitrogens with zero attached hydrogens (tertiary/aromatic N) is 1. The maximum Gasteiger partial charge on any atom is 0.338 e. The van der Waals surface area contributed by atoms with Crippen LogP contribution in [0.15, 0.2) is 41.6 Å². The molecule has 0 radical (unpaired) electrons. The molecule has 1 aliphatic carbocycles. The van der Waals surface area contributed by atoms with E-state index in [1.165, 1.54) is 12.8 Å². The number of rotatable bonds is 5. The minimum atomic E-state index is -0.526. The number of esters is 1. The van der Waals surface area contributed by atoms with Crippen LogP contribution in [0, 0.1) is 0 Å². The molecule has 7 heteroatoms. The largest absolute Gasteiger partial charge is 0.463 e. The van der Waals surface area contributed by atoms with Gasteiger partial charge < -0.3 is 20.1 Å².